The number of hydrogen-bond donors (Lipinski definition) is 1. The Balaban J connectivity index is 1.34. The summed E-state index contributed by atoms with van der Waals surface area (Å²) in [6.45, 7) is 3.28. The largest absolute Gasteiger partial charge is 0.497 e. The van der Waals surface area contributed by atoms with Gasteiger partial charge < -0.3 is 15.0 Å². The zero-order chi connectivity index (χ0) is 25.2. The number of carbonyl (C=O) groups excluding carboxylic acids is 1. The Labute approximate surface area is 213 Å². The van der Waals surface area contributed by atoms with Gasteiger partial charge in [0.15, 0.2) is 0 Å². The number of hydrogen-bond acceptors (Lipinski definition) is 5. The molecule has 1 fully saturated rings. The summed E-state index contributed by atoms with van der Waals surface area (Å²) in [5.74, 6) is 0.605. The summed E-state index contributed by atoms with van der Waals surface area (Å²) in [6.07, 6.45) is 2.33. The summed E-state index contributed by atoms with van der Waals surface area (Å²) in [5.41, 5.74) is 3.77. The molecule has 1 aliphatic rings. The van der Waals surface area contributed by atoms with Crippen molar-refractivity contribution in [2.24, 2.45) is 0 Å². The van der Waals surface area contributed by atoms with Gasteiger partial charge in [0.1, 0.15) is 17.4 Å². The van der Waals surface area contributed by atoms with Crippen molar-refractivity contribution in [3.8, 4) is 11.8 Å². The zero-order valence-corrected chi connectivity index (χ0v) is 20.6. The highest BCUT2D eigenvalue weighted by Crippen LogP contribution is 2.29. The lowest BCUT2D eigenvalue weighted by atomic mass is 9.96. The number of benzene rings is 3. The predicted molar refractivity (Wildman–Crippen MR) is 141 cm³/mol. The summed E-state index contributed by atoms with van der Waals surface area (Å²) in [7, 11) is 1.65. The van der Waals surface area contributed by atoms with Crippen LogP contribution >= 0.6 is 0 Å². The van der Waals surface area contributed by atoms with Crippen LogP contribution in [-0.4, -0.2) is 55.5 Å². The van der Waals surface area contributed by atoms with Gasteiger partial charge in [-0.05, 0) is 35.2 Å². The Morgan fingerprint density at radius 1 is 0.944 bits per heavy atom. The number of methoxy groups -OCH3 is 1. The first-order valence-electron chi connectivity index (χ1n) is 12.3. The van der Waals surface area contributed by atoms with Crippen LogP contribution in [0.3, 0.4) is 0 Å². The first-order chi connectivity index (χ1) is 17.7. The molecule has 3 aromatic rings. The molecule has 0 saturated carbocycles. The molecule has 0 spiro atoms. The maximum Gasteiger partial charge on any atom is 0.266 e. The topological polar surface area (TPSA) is 68.6 Å². The lowest BCUT2D eigenvalue weighted by Gasteiger charge is -2.39. The summed E-state index contributed by atoms with van der Waals surface area (Å²) in [5, 5.41) is 12.7. The van der Waals surface area contributed by atoms with Crippen molar-refractivity contribution in [3.05, 3.63) is 113 Å². The number of nitrogens with one attached hydrogen (secondary N) is 1. The Hall–Kier alpha value is -4.08. The Morgan fingerprint density at radius 2 is 1.53 bits per heavy atom. The average molecular weight is 481 g/mol. The minimum absolute atomic E-state index is 0.134. The molecule has 0 aromatic heterocycles. The van der Waals surface area contributed by atoms with E-state index in [9.17, 15) is 10.1 Å². The maximum atomic E-state index is 13.0. The van der Waals surface area contributed by atoms with Crippen LogP contribution < -0.4 is 10.1 Å². The molecule has 0 radical (unpaired) electrons. The number of nitrogens with zero attached hydrogens (tertiary/aromatic N) is 3. The van der Waals surface area contributed by atoms with Crippen molar-refractivity contribution < 1.29 is 9.53 Å². The summed E-state index contributed by atoms with van der Waals surface area (Å²) >= 11 is 0. The Morgan fingerprint density at radius 3 is 2.06 bits per heavy atom. The van der Waals surface area contributed by atoms with Gasteiger partial charge in [0.05, 0.1) is 13.2 Å². The molecule has 3 aromatic carbocycles. The van der Waals surface area contributed by atoms with Gasteiger partial charge in [-0.25, -0.2) is 0 Å². The van der Waals surface area contributed by atoms with Crippen molar-refractivity contribution in [1.29, 1.82) is 5.26 Å². The standard InChI is InChI=1S/C30H32N4O2/c1-36-28-14-12-24(13-15-28)16-17-32-23-27(22-31)30(35)34-20-18-33(19-21-34)29(25-8-4-2-5-9-25)26-10-6-3-7-11-26/h2-15,23,29,32H,16-21H2,1H3/b27-23-. The van der Waals surface area contributed by atoms with Crippen molar-refractivity contribution in [2.75, 3.05) is 39.8 Å². The smallest absolute Gasteiger partial charge is 0.266 e. The SMILES string of the molecule is COc1ccc(CCN/C=C(/C#N)C(=O)N2CCN(C(c3ccccc3)c3ccccc3)CC2)cc1. The molecule has 1 aliphatic heterocycles. The van der Waals surface area contributed by atoms with E-state index in [-0.39, 0.29) is 17.5 Å². The fraction of sp³-hybridized carbons (Fsp3) is 0.267. The van der Waals surface area contributed by atoms with Crippen LogP contribution in [0.15, 0.2) is 96.7 Å². The van der Waals surface area contributed by atoms with Crippen molar-refractivity contribution in [1.82, 2.24) is 15.1 Å². The maximum absolute atomic E-state index is 13.0. The molecule has 6 nitrogen and oxygen atoms in total. The molecule has 1 saturated heterocycles. The van der Waals surface area contributed by atoms with Crippen LogP contribution in [0.1, 0.15) is 22.7 Å². The molecule has 0 unspecified atom stereocenters. The van der Waals surface area contributed by atoms with Crippen molar-refractivity contribution in [2.45, 2.75) is 12.5 Å². The van der Waals surface area contributed by atoms with Crippen LogP contribution in [0.4, 0.5) is 0 Å². The third kappa shape index (κ3) is 6.32. The number of ether oxygens (including phenoxy) is 1. The fourth-order valence-corrected chi connectivity index (χ4v) is 4.56. The molecular weight excluding hydrogens is 448 g/mol. The highest BCUT2D eigenvalue weighted by atomic mass is 16.5. The van der Waals surface area contributed by atoms with Gasteiger partial charge in [-0.15, -0.1) is 0 Å². The summed E-state index contributed by atoms with van der Waals surface area (Å²) in [4.78, 5) is 17.2. The van der Waals surface area contributed by atoms with Gasteiger partial charge in [-0.3, -0.25) is 9.69 Å². The molecule has 4 rings (SSSR count). The van der Waals surface area contributed by atoms with Crippen molar-refractivity contribution in [3.63, 3.8) is 0 Å². The minimum Gasteiger partial charge on any atom is -0.497 e. The van der Waals surface area contributed by atoms with Crippen molar-refractivity contribution >= 4 is 5.91 Å². The second-order valence-electron chi connectivity index (χ2n) is 8.77. The van der Waals surface area contributed by atoms with Crippen LogP contribution in [0.5, 0.6) is 5.75 Å². The highest BCUT2D eigenvalue weighted by molar-refractivity contribution is 5.97. The van der Waals surface area contributed by atoms with Gasteiger partial charge >= 0.3 is 0 Å². The van der Waals surface area contributed by atoms with E-state index in [1.807, 2.05) is 36.4 Å². The van der Waals surface area contributed by atoms with Gasteiger partial charge in [0.25, 0.3) is 5.91 Å². The predicted octanol–water partition coefficient (Wildman–Crippen LogP) is 4.17. The van der Waals surface area contributed by atoms with E-state index in [4.69, 9.17) is 4.74 Å². The Kier molecular flexibility index (Phi) is 8.74. The first-order valence-corrected chi connectivity index (χ1v) is 12.3. The van der Waals surface area contributed by atoms with Crippen LogP contribution in [-0.2, 0) is 11.2 Å². The van der Waals surface area contributed by atoms with Crippen LogP contribution in [0.25, 0.3) is 0 Å². The van der Waals surface area contributed by atoms with E-state index in [1.165, 1.54) is 11.1 Å². The fourth-order valence-electron chi connectivity index (χ4n) is 4.56. The van der Waals surface area contributed by atoms with E-state index >= 15 is 0 Å². The minimum atomic E-state index is -0.218. The molecule has 184 valence electrons. The third-order valence-electron chi connectivity index (χ3n) is 6.51. The first kappa shape index (κ1) is 25.0. The molecule has 0 bridgehead atoms. The van der Waals surface area contributed by atoms with E-state index in [1.54, 1.807) is 18.2 Å². The van der Waals surface area contributed by atoms with Crippen LogP contribution in [0, 0.1) is 11.3 Å². The molecule has 36 heavy (non-hydrogen) atoms. The second-order valence-corrected chi connectivity index (χ2v) is 8.77. The average Bonchev–Trinajstić information content (AvgIpc) is 2.95. The molecule has 1 heterocycles. The highest BCUT2D eigenvalue weighted by Gasteiger charge is 2.29. The summed E-state index contributed by atoms with van der Waals surface area (Å²) < 4.78 is 5.18. The molecule has 1 N–H and O–H groups in total. The van der Waals surface area contributed by atoms with Gasteiger partial charge in [0.2, 0.25) is 0 Å². The molecule has 0 atom stereocenters. The Bertz CT molecular complexity index is 1140. The number of piperazine rings is 1. The lowest BCUT2D eigenvalue weighted by Crippen LogP contribution is -2.50. The second kappa shape index (κ2) is 12.6. The summed E-state index contributed by atoms with van der Waals surface area (Å²) in [6, 6.07) is 31.0. The molecule has 1 amide bonds. The molecule has 0 aliphatic carbocycles. The number of carbonyl (C=O) groups is 1. The third-order valence-corrected chi connectivity index (χ3v) is 6.51. The van der Waals surface area contributed by atoms with Gasteiger partial charge in [0, 0.05) is 38.9 Å². The van der Waals surface area contributed by atoms with E-state index in [0.29, 0.717) is 19.6 Å². The van der Waals surface area contributed by atoms with E-state index in [2.05, 4.69) is 64.8 Å². The van der Waals surface area contributed by atoms with E-state index in [0.717, 1.165) is 30.8 Å². The number of nitriles is 1. The lowest BCUT2D eigenvalue weighted by molar-refractivity contribution is -0.128. The normalized spacial score (nSPS) is 14.4. The molecule has 6 heteroatoms. The van der Waals surface area contributed by atoms with Gasteiger partial charge in [-0.2, -0.15) is 5.26 Å². The van der Waals surface area contributed by atoms with Crippen LogP contribution in [0.2, 0.25) is 0 Å². The number of rotatable bonds is 9. The quantitative estimate of drug-likeness (QED) is 0.283. The van der Waals surface area contributed by atoms with E-state index < -0.39 is 0 Å². The number of amides is 1. The van der Waals surface area contributed by atoms with Gasteiger partial charge in [-0.1, -0.05) is 72.8 Å². The zero-order valence-electron chi connectivity index (χ0n) is 20.6. The monoisotopic (exact) mass is 480 g/mol. The molecular formula is C30H32N4O2.